The van der Waals surface area contributed by atoms with Crippen LogP contribution in [0.15, 0.2) is 36.4 Å². The zero-order chi connectivity index (χ0) is 18.9. The van der Waals surface area contributed by atoms with E-state index in [1.54, 1.807) is 0 Å². The van der Waals surface area contributed by atoms with Gasteiger partial charge in [0.05, 0.1) is 13.2 Å². The minimum absolute atomic E-state index is 0.0175. The lowest BCUT2D eigenvalue weighted by atomic mass is 9.86. The Labute approximate surface area is 156 Å². The molecule has 0 aromatic heterocycles. The van der Waals surface area contributed by atoms with Crippen LogP contribution in [0, 0.1) is 13.8 Å². The highest BCUT2D eigenvalue weighted by Crippen LogP contribution is 2.34. The molecule has 4 nitrogen and oxygen atoms in total. The third-order valence-corrected chi connectivity index (χ3v) is 4.48. The second kappa shape index (κ2) is 10.2. The number of aliphatic hydroxyl groups is 2. The van der Waals surface area contributed by atoms with Crippen LogP contribution < -0.4 is 9.47 Å². The maximum Gasteiger partial charge on any atom is 0.122 e. The second-order valence-corrected chi connectivity index (χ2v) is 6.54. The summed E-state index contributed by atoms with van der Waals surface area (Å²) in [5.41, 5.74) is 4.70. The predicted octanol–water partition coefficient (Wildman–Crippen LogP) is 3.98. The largest absolute Gasteiger partial charge is 0.491 e. The number of ether oxygens (including phenoxy) is 2. The van der Waals surface area contributed by atoms with Gasteiger partial charge in [0.15, 0.2) is 0 Å². The molecule has 0 spiro atoms. The molecular weight excluding hydrogens is 328 g/mol. The Morgan fingerprint density at radius 1 is 0.808 bits per heavy atom. The fraction of sp³-hybridized carbons (Fsp3) is 0.455. The van der Waals surface area contributed by atoms with Crippen LogP contribution in [0.25, 0.3) is 0 Å². The molecule has 0 aliphatic carbocycles. The fourth-order valence-electron chi connectivity index (χ4n) is 3.23. The molecule has 142 valence electrons. The summed E-state index contributed by atoms with van der Waals surface area (Å²) in [6.07, 6.45) is 2.15. The van der Waals surface area contributed by atoms with Gasteiger partial charge in [-0.3, -0.25) is 0 Å². The van der Waals surface area contributed by atoms with Crippen molar-refractivity contribution in [3.63, 3.8) is 0 Å². The van der Waals surface area contributed by atoms with Crippen molar-refractivity contribution in [1.29, 1.82) is 0 Å². The molecule has 4 heteroatoms. The molecule has 0 heterocycles. The van der Waals surface area contributed by atoms with Crippen molar-refractivity contribution in [1.82, 2.24) is 0 Å². The second-order valence-electron chi connectivity index (χ2n) is 6.54. The van der Waals surface area contributed by atoms with Gasteiger partial charge in [0.2, 0.25) is 0 Å². The normalized spacial score (nSPS) is 11.0. The van der Waals surface area contributed by atoms with Gasteiger partial charge < -0.3 is 19.7 Å². The minimum atomic E-state index is 0.0175. The number of benzene rings is 2. The highest BCUT2D eigenvalue weighted by atomic mass is 16.5. The number of aryl methyl sites for hydroxylation is 2. The molecule has 0 bridgehead atoms. The molecule has 0 atom stereocenters. The summed E-state index contributed by atoms with van der Waals surface area (Å²) in [5, 5.41) is 17.9. The molecule has 26 heavy (non-hydrogen) atoms. The van der Waals surface area contributed by atoms with Crippen molar-refractivity contribution in [3.05, 3.63) is 58.7 Å². The van der Waals surface area contributed by atoms with Gasteiger partial charge in [-0.15, -0.1) is 0 Å². The monoisotopic (exact) mass is 358 g/mol. The van der Waals surface area contributed by atoms with Crippen LogP contribution >= 0.6 is 0 Å². The van der Waals surface area contributed by atoms with Gasteiger partial charge in [0.1, 0.15) is 24.7 Å². The Kier molecular flexibility index (Phi) is 7.95. The third-order valence-electron chi connectivity index (χ3n) is 4.48. The lowest BCUT2D eigenvalue weighted by Gasteiger charge is -2.20. The van der Waals surface area contributed by atoms with Crippen LogP contribution in [0.1, 0.15) is 47.9 Å². The third kappa shape index (κ3) is 5.23. The van der Waals surface area contributed by atoms with E-state index in [-0.39, 0.29) is 13.2 Å². The lowest BCUT2D eigenvalue weighted by Crippen LogP contribution is -2.06. The van der Waals surface area contributed by atoms with E-state index < -0.39 is 0 Å². The smallest absolute Gasteiger partial charge is 0.122 e. The first kappa shape index (κ1) is 20.3. The molecule has 0 aliphatic rings. The van der Waals surface area contributed by atoms with E-state index in [1.807, 2.05) is 26.0 Å². The summed E-state index contributed by atoms with van der Waals surface area (Å²) in [5.74, 6) is 1.96. The summed E-state index contributed by atoms with van der Waals surface area (Å²) in [7, 11) is 0. The van der Waals surface area contributed by atoms with E-state index in [0.717, 1.165) is 35.5 Å². The van der Waals surface area contributed by atoms with Crippen molar-refractivity contribution in [3.8, 4) is 11.5 Å². The van der Waals surface area contributed by atoms with E-state index in [2.05, 4.69) is 31.2 Å². The van der Waals surface area contributed by atoms with Crippen LogP contribution in [0.3, 0.4) is 0 Å². The zero-order valence-corrected chi connectivity index (χ0v) is 16.0. The Balaban J connectivity index is 2.28. The molecule has 2 rings (SSSR count). The van der Waals surface area contributed by atoms with Crippen LogP contribution in [0.4, 0.5) is 0 Å². The van der Waals surface area contributed by atoms with Crippen molar-refractivity contribution in [2.24, 2.45) is 0 Å². The number of rotatable bonds is 10. The molecule has 2 N–H and O–H groups in total. The Morgan fingerprint density at radius 2 is 1.27 bits per heavy atom. The summed E-state index contributed by atoms with van der Waals surface area (Å²) >= 11 is 0. The highest BCUT2D eigenvalue weighted by molar-refractivity contribution is 5.44. The fourth-order valence-corrected chi connectivity index (χ4v) is 3.23. The van der Waals surface area contributed by atoms with Crippen LogP contribution in [-0.2, 0) is 0 Å². The van der Waals surface area contributed by atoms with Crippen LogP contribution in [0.2, 0.25) is 0 Å². The first-order valence-corrected chi connectivity index (χ1v) is 9.29. The summed E-state index contributed by atoms with van der Waals surface area (Å²) in [4.78, 5) is 0. The van der Waals surface area contributed by atoms with Gasteiger partial charge >= 0.3 is 0 Å². The van der Waals surface area contributed by atoms with Crippen molar-refractivity contribution < 1.29 is 19.7 Å². The first-order valence-electron chi connectivity index (χ1n) is 9.29. The van der Waals surface area contributed by atoms with Crippen LogP contribution in [0.5, 0.6) is 11.5 Å². The van der Waals surface area contributed by atoms with Gasteiger partial charge in [-0.2, -0.15) is 0 Å². The predicted molar refractivity (Wildman–Crippen MR) is 104 cm³/mol. The molecule has 0 saturated heterocycles. The van der Waals surface area contributed by atoms with Gasteiger partial charge in [-0.25, -0.2) is 0 Å². The van der Waals surface area contributed by atoms with Crippen molar-refractivity contribution in [2.75, 3.05) is 26.4 Å². The van der Waals surface area contributed by atoms with Gasteiger partial charge in [0, 0.05) is 5.92 Å². The van der Waals surface area contributed by atoms with E-state index in [4.69, 9.17) is 19.7 Å². The molecular formula is C22H30O4. The lowest BCUT2D eigenvalue weighted by molar-refractivity contribution is 0.200. The van der Waals surface area contributed by atoms with Gasteiger partial charge in [-0.05, 0) is 54.7 Å². The molecule has 0 radical (unpaired) electrons. The number of hydrogen-bond acceptors (Lipinski definition) is 4. The SMILES string of the molecule is CCCC(c1ccc(OCCO)c(C)c1)c1ccc(OCCO)c(C)c1. The zero-order valence-electron chi connectivity index (χ0n) is 16.0. The molecule has 0 saturated carbocycles. The van der Waals surface area contributed by atoms with E-state index >= 15 is 0 Å². The Morgan fingerprint density at radius 3 is 1.62 bits per heavy atom. The maximum absolute atomic E-state index is 8.93. The highest BCUT2D eigenvalue weighted by Gasteiger charge is 2.16. The van der Waals surface area contributed by atoms with E-state index in [9.17, 15) is 0 Å². The van der Waals surface area contributed by atoms with E-state index in [0.29, 0.717) is 19.1 Å². The number of aliphatic hydroxyl groups excluding tert-OH is 2. The first-order chi connectivity index (χ1) is 12.6. The molecule has 0 fully saturated rings. The van der Waals surface area contributed by atoms with Crippen molar-refractivity contribution in [2.45, 2.75) is 39.5 Å². The maximum atomic E-state index is 8.93. The molecule has 2 aromatic rings. The van der Waals surface area contributed by atoms with Crippen molar-refractivity contribution >= 4 is 0 Å². The summed E-state index contributed by atoms with van der Waals surface area (Å²) in [6, 6.07) is 12.6. The molecule has 2 aromatic carbocycles. The van der Waals surface area contributed by atoms with Gasteiger partial charge in [0.25, 0.3) is 0 Å². The standard InChI is InChI=1S/C22H30O4/c1-4-5-20(18-6-8-21(16(2)14-18)25-12-10-23)19-7-9-22(17(3)15-19)26-13-11-24/h6-9,14-15,20,23-24H,4-5,10-13H2,1-3H3. The quantitative estimate of drug-likeness (QED) is 0.674. The van der Waals surface area contributed by atoms with Gasteiger partial charge in [-0.1, -0.05) is 37.6 Å². The Hall–Kier alpha value is -2.04. The topological polar surface area (TPSA) is 58.9 Å². The molecule has 0 unspecified atom stereocenters. The summed E-state index contributed by atoms with van der Waals surface area (Å²) in [6.45, 7) is 6.93. The number of hydrogen-bond donors (Lipinski definition) is 2. The Bertz CT molecular complexity index is 639. The minimum Gasteiger partial charge on any atom is -0.491 e. The molecule has 0 amide bonds. The average Bonchev–Trinajstić information content (AvgIpc) is 2.64. The molecule has 0 aliphatic heterocycles. The average molecular weight is 358 g/mol. The van der Waals surface area contributed by atoms with E-state index in [1.165, 1.54) is 11.1 Å². The summed E-state index contributed by atoms with van der Waals surface area (Å²) < 4.78 is 11.1. The van der Waals surface area contributed by atoms with Crippen LogP contribution in [-0.4, -0.2) is 36.6 Å².